The summed E-state index contributed by atoms with van der Waals surface area (Å²) in [5.74, 6) is 0.916. The number of furan rings is 1. The molecule has 0 spiro atoms. The van der Waals surface area contributed by atoms with E-state index in [0.717, 1.165) is 16.1 Å². The zero-order chi connectivity index (χ0) is 13.2. The predicted octanol–water partition coefficient (Wildman–Crippen LogP) is 5.37. The van der Waals surface area contributed by atoms with Gasteiger partial charge in [0.1, 0.15) is 5.76 Å². The van der Waals surface area contributed by atoms with E-state index in [4.69, 9.17) is 4.42 Å². The van der Waals surface area contributed by atoms with Crippen LogP contribution in [0.4, 0.5) is 5.69 Å². The molecule has 0 radical (unpaired) electrons. The Kier molecular flexibility index (Phi) is 3.30. The second-order valence-corrected chi connectivity index (χ2v) is 5.32. The summed E-state index contributed by atoms with van der Waals surface area (Å²) in [6, 6.07) is 18.7. The van der Waals surface area contributed by atoms with Gasteiger partial charge in [-0.15, -0.1) is 0 Å². The zero-order valence-electron chi connectivity index (χ0n) is 10.6. The smallest absolute Gasteiger partial charge is 0.169 e. The van der Waals surface area contributed by atoms with Crippen LogP contribution in [0, 0.1) is 0 Å². The highest BCUT2D eigenvalue weighted by molar-refractivity contribution is 9.10. The minimum absolute atomic E-state index is 0.122. The van der Waals surface area contributed by atoms with Crippen LogP contribution in [0.3, 0.4) is 0 Å². The first kappa shape index (κ1) is 12.3. The fourth-order valence-electron chi connectivity index (χ4n) is 2.22. The van der Waals surface area contributed by atoms with Crippen LogP contribution in [0.15, 0.2) is 63.7 Å². The Hall–Kier alpha value is -1.74. The van der Waals surface area contributed by atoms with Crippen LogP contribution in [-0.4, -0.2) is 0 Å². The van der Waals surface area contributed by atoms with Gasteiger partial charge in [-0.3, -0.25) is 0 Å². The molecule has 19 heavy (non-hydrogen) atoms. The Morgan fingerprint density at radius 1 is 1.00 bits per heavy atom. The minimum atomic E-state index is 0.122. The molecule has 0 aliphatic carbocycles. The largest absolute Gasteiger partial charge is 0.452 e. The van der Waals surface area contributed by atoms with Crippen molar-refractivity contribution in [3.8, 4) is 0 Å². The van der Waals surface area contributed by atoms with E-state index >= 15 is 0 Å². The molecule has 1 unspecified atom stereocenters. The second-order valence-electron chi connectivity index (χ2n) is 4.53. The fraction of sp³-hybridized carbons (Fsp3) is 0.125. The molecular weight excluding hydrogens is 302 g/mol. The van der Waals surface area contributed by atoms with E-state index in [2.05, 4.69) is 70.6 Å². The molecule has 0 saturated heterocycles. The maximum Gasteiger partial charge on any atom is 0.169 e. The molecule has 0 saturated carbocycles. The van der Waals surface area contributed by atoms with Gasteiger partial charge in [0.25, 0.3) is 0 Å². The van der Waals surface area contributed by atoms with Gasteiger partial charge in [-0.1, -0.05) is 36.4 Å². The lowest BCUT2D eigenvalue weighted by molar-refractivity contribution is 0.471. The normalized spacial score (nSPS) is 12.5. The topological polar surface area (TPSA) is 25.2 Å². The summed E-state index contributed by atoms with van der Waals surface area (Å²) in [5, 5.41) is 5.96. The lowest BCUT2D eigenvalue weighted by atomic mass is 10.1. The molecule has 96 valence electrons. The van der Waals surface area contributed by atoms with E-state index < -0.39 is 0 Å². The number of fused-ring (bicyclic) bond motifs is 1. The lowest BCUT2D eigenvalue weighted by Crippen LogP contribution is -2.05. The Morgan fingerprint density at radius 3 is 2.58 bits per heavy atom. The standard InChI is InChI=1S/C16H14BrNO/c1-11(15-9-10-16(17)19-15)18-14-8-4-6-12-5-2-3-7-13(12)14/h2-11,18H,1H3. The van der Waals surface area contributed by atoms with E-state index in [1.807, 2.05) is 12.1 Å². The van der Waals surface area contributed by atoms with Gasteiger partial charge in [-0.2, -0.15) is 0 Å². The SMILES string of the molecule is CC(Nc1cccc2ccccc12)c1ccc(Br)o1. The van der Waals surface area contributed by atoms with Crippen molar-refractivity contribution in [1.82, 2.24) is 0 Å². The third kappa shape index (κ3) is 2.51. The molecule has 2 aromatic carbocycles. The average Bonchev–Trinajstić information content (AvgIpc) is 2.86. The first-order valence-corrected chi connectivity index (χ1v) is 7.03. The average molecular weight is 316 g/mol. The van der Waals surface area contributed by atoms with E-state index in [1.165, 1.54) is 10.8 Å². The number of hydrogen-bond acceptors (Lipinski definition) is 2. The van der Waals surface area contributed by atoms with Crippen molar-refractivity contribution in [1.29, 1.82) is 0 Å². The molecule has 1 aromatic heterocycles. The van der Waals surface area contributed by atoms with Crippen LogP contribution in [0.2, 0.25) is 0 Å². The summed E-state index contributed by atoms with van der Waals surface area (Å²) in [4.78, 5) is 0. The molecule has 0 aliphatic rings. The predicted molar refractivity (Wildman–Crippen MR) is 82.4 cm³/mol. The van der Waals surface area contributed by atoms with Crippen LogP contribution in [0.5, 0.6) is 0 Å². The maximum absolute atomic E-state index is 5.58. The molecule has 0 amide bonds. The number of anilines is 1. The number of hydrogen-bond donors (Lipinski definition) is 1. The van der Waals surface area contributed by atoms with Gasteiger partial charge < -0.3 is 9.73 Å². The molecule has 3 heteroatoms. The summed E-state index contributed by atoms with van der Waals surface area (Å²) in [6.07, 6.45) is 0. The van der Waals surface area contributed by atoms with E-state index in [0.29, 0.717) is 0 Å². The molecular formula is C16H14BrNO. The number of nitrogens with one attached hydrogen (secondary N) is 1. The maximum atomic E-state index is 5.58. The zero-order valence-corrected chi connectivity index (χ0v) is 12.1. The van der Waals surface area contributed by atoms with Crippen molar-refractivity contribution in [2.24, 2.45) is 0 Å². The third-order valence-corrected chi connectivity index (χ3v) is 3.61. The van der Waals surface area contributed by atoms with Gasteiger partial charge in [0, 0.05) is 11.1 Å². The van der Waals surface area contributed by atoms with Crippen molar-refractivity contribution in [2.75, 3.05) is 5.32 Å². The highest BCUT2D eigenvalue weighted by Crippen LogP contribution is 2.28. The molecule has 3 rings (SSSR count). The first-order chi connectivity index (χ1) is 9.24. The quantitative estimate of drug-likeness (QED) is 0.703. The lowest BCUT2D eigenvalue weighted by Gasteiger charge is -2.15. The monoisotopic (exact) mass is 315 g/mol. The summed E-state index contributed by atoms with van der Waals surface area (Å²) in [5.41, 5.74) is 1.12. The molecule has 0 bridgehead atoms. The van der Waals surface area contributed by atoms with Gasteiger partial charge in [-0.05, 0) is 46.4 Å². The van der Waals surface area contributed by atoms with Crippen molar-refractivity contribution in [3.05, 3.63) is 65.0 Å². The van der Waals surface area contributed by atoms with Gasteiger partial charge in [-0.25, -0.2) is 0 Å². The van der Waals surface area contributed by atoms with E-state index in [-0.39, 0.29) is 6.04 Å². The van der Waals surface area contributed by atoms with Crippen molar-refractivity contribution in [3.63, 3.8) is 0 Å². The molecule has 2 nitrogen and oxygen atoms in total. The molecule has 1 N–H and O–H groups in total. The number of rotatable bonds is 3. The van der Waals surface area contributed by atoms with Gasteiger partial charge in [0.15, 0.2) is 4.67 Å². The van der Waals surface area contributed by atoms with Gasteiger partial charge in [0.05, 0.1) is 6.04 Å². The van der Waals surface area contributed by atoms with Crippen LogP contribution >= 0.6 is 15.9 Å². The fourth-order valence-corrected chi connectivity index (χ4v) is 2.54. The van der Waals surface area contributed by atoms with Crippen molar-refractivity contribution >= 4 is 32.4 Å². The van der Waals surface area contributed by atoms with Gasteiger partial charge >= 0.3 is 0 Å². The third-order valence-electron chi connectivity index (χ3n) is 3.18. The molecule has 1 heterocycles. The van der Waals surface area contributed by atoms with E-state index in [1.54, 1.807) is 0 Å². The van der Waals surface area contributed by atoms with Crippen molar-refractivity contribution < 1.29 is 4.42 Å². The van der Waals surface area contributed by atoms with E-state index in [9.17, 15) is 0 Å². The van der Waals surface area contributed by atoms with Crippen molar-refractivity contribution in [2.45, 2.75) is 13.0 Å². The minimum Gasteiger partial charge on any atom is -0.452 e. The Balaban J connectivity index is 1.93. The Morgan fingerprint density at radius 2 is 1.79 bits per heavy atom. The summed E-state index contributed by atoms with van der Waals surface area (Å²) < 4.78 is 6.34. The van der Waals surface area contributed by atoms with Crippen LogP contribution in [0.1, 0.15) is 18.7 Å². The summed E-state index contributed by atoms with van der Waals surface area (Å²) >= 11 is 3.33. The molecule has 1 atom stereocenters. The Bertz CT molecular complexity index is 699. The van der Waals surface area contributed by atoms with Crippen LogP contribution < -0.4 is 5.32 Å². The molecule has 0 fully saturated rings. The highest BCUT2D eigenvalue weighted by atomic mass is 79.9. The van der Waals surface area contributed by atoms with Gasteiger partial charge in [0.2, 0.25) is 0 Å². The summed E-state index contributed by atoms with van der Waals surface area (Å²) in [6.45, 7) is 2.09. The molecule has 0 aliphatic heterocycles. The van der Waals surface area contributed by atoms with Crippen LogP contribution in [0.25, 0.3) is 10.8 Å². The molecule has 3 aromatic rings. The number of benzene rings is 2. The number of halogens is 1. The first-order valence-electron chi connectivity index (χ1n) is 6.23. The summed E-state index contributed by atoms with van der Waals surface area (Å²) in [7, 11) is 0. The van der Waals surface area contributed by atoms with Crippen LogP contribution in [-0.2, 0) is 0 Å². The second kappa shape index (κ2) is 5.10. The Labute approximate surface area is 120 Å². The highest BCUT2D eigenvalue weighted by Gasteiger charge is 2.10.